The van der Waals surface area contributed by atoms with E-state index < -0.39 is 8.07 Å². The summed E-state index contributed by atoms with van der Waals surface area (Å²) >= 11 is 0. The molecule has 0 aliphatic carbocycles. The van der Waals surface area contributed by atoms with Gasteiger partial charge < -0.3 is 4.57 Å². The van der Waals surface area contributed by atoms with Crippen LogP contribution in [0, 0.1) is 0 Å². The van der Waals surface area contributed by atoms with Crippen LogP contribution in [0.25, 0.3) is 27.7 Å². The monoisotopic (exact) mass is 539 g/mol. The van der Waals surface area contributed by atoms with Crippen molar-refractivity contribution >= 4 is 39.7 Å². The van der Waals surface area contributed by atoms with E-state index in [-0.39, 0.29) is 0 Å². The molecule has 0 spiro atoms. The first-order chi connectivity index (χ1) is 20.3. The van der Waals surface area contributed by atoms with Gasteiger partial charge in [-0.2, -0.15) is 0 Å². The van der Waals surface area contributed by atoms with E-state index in [1.165, 1.54) is 59.6 Å². The fourth-order valence-corrected chi connectivity index (χ4v) is 12.2. The van der Waals surface area contributed by atoms with E-state index in [4.69, 9.17) is 0 Å². The van der Waals surface area contributed by atoms with Crippen LogP contribution in [0.4, 0.5) is 0 Å². The van der Waals surface area contributed by atoms with Crippen LogP contribution in [0.5, 0.6) is 0 Å². The molecule has 0 amide bonds. The number of para-hydroxylation sites is 1. The van der Waals surface area contributed by atoms with Crippen molar-refractivity contribution in [2.75, 3.05) is 0 Å². The van der Waals surface area contributed by atoms with Crippen LogP contribution in [0.1, 0.15) is 11.1 Å². The molecule has 1 aliphatic heterocycles. The van der Waals surface area contributed by atoms with Crippen LogP contribution < -0.4 is 20.7 Å². The highest BCUT2D eigenvalue weighted by Crippen LogP contribution is 2.32. The summed E-state index contributed by atoms with van der Waals surface area (Å²) in [5, 5.41) is 7.15. The average molecular weight is 540 g/mol. The molecule has 41 heavy (non-hydrogen) atoms. The first kappa shape index (κ1) is 23.9. The van der Waals surface area contributed by atoms with Crippen molar-refractivity contribution in [3.8, 4) is 16.8 Å². The zero-order chi connectivity index (χ0) is 27.2. The van der Waals surface area contributed by atoms with Crippen molar-refractivity contribution in [1.29, 1.82) is 0 Å². The van der Waals surface area contributed by atoms with Crippen molar-refractivity contribution < 1.29 is 0 Å². The van der Waals surface area contributed by atoms with Crippen LogP contribution in [-0.4, -0.2) is 12.6 Å². The minimum absolute atomic E-state index is 0.990. The van der Waals surface area contributed by atoms with E-state index in [2.05, 4.69) is 168 Å². The first-order valence-corrected chi connectivity index (χ1v) is 16.3. The van der Waals surface area contributed by atoms with E-state index >= 15 is 0 Å². The fourth-order valence-electron chi connectivity index (χ4n) is 7.02. The van der Waals surface area contributed by atoms with Gasteiger partial charge in [0.2, 0.25) is 0 Å². The summed E-state index contributed by atoms with van der Waals surface area (Å²) < 4.78 is 2.35. The summed E-state index contributed by atoms with van der Waals surface area (Å²) in [5.74, 6) is 0. The van der Waals surface area contributed by atoms with E-state index in [0.29, 0.717) is 0 Å². The number of fused-ring (bicyclic) bond motifs is 3. The molecule has 1 aromatic heterocycles. The molecule has 6 aromatic carbocycles. The van der Waals surface area contributed by atoms with Gasteiger partial charge in [0.05, 0.1) is 5.52 Å². The topological polar surface area (TPSA) is 4.93 Å². The van der Waals surface area contributed by atoms with Gasteiger partial charge >= 0.3 is 0 Å². The third-order valence-electron chi connectivity index (χ3n) is 8.81. The highest BCUT2D eigenvalue weighted by atomic mass is 28.3. The Kier molecular flexibility index (Phi) is 5.61. The predicted octanol–water partition coefficient (Wildman–Crippen LogP) is 6.58. The molecular formula is C39H29NSi. The number of nitrogens with zero attached hydrogens (tertiary/aromatic N) is 1. The Morgan fingerprint density at radius 2 is 1.00 bits per heavy atom. The molecule has 1 aliphatic rings. The second-order valence-electron chi connectivity index (χ2n) is 10.9. The Hall–Kier alpha value is -4.92. The molecular weight excluding hydrogens is 511 g/mol. The second kappa shape index (κ2) is 9.62. The van der Waals surface area contributed by atoms with E-state index in [9.17, 15) is 0 Å². The van der Waals surface area contributed by atoms with Gasteiger partial charge in [0.1, 0.15) is 0 Å². The molecule has 7 aromatic rings. The molecule has 2 heterocycles. The van der Waals surface area contributed by atoms with E-state index in [1.54, 1.807) is 0 Å². The third kappa shape index (κ3) is 3.68. The average Bonchev–Trinajstić information content (AvgIpc) is 3.44. The predicted molar refractivity (Wildman–Crippen MR) is 175 cm³/mol. The fraction of sp³-hybridized carbons (Fsp3) is 0.0256. The minimum atomic E-state index is -2.51. The van der Waals surface area contributed by atoms with Gasteiger partial charge in [0.15, 0.2) is 8.07 Å². The Labute approximate surface area is 242 Å². The summed E-state index contributed by atoms with van der Waals surface area (Å²) in [6.07, 6.45) is 3.29. The summed E-state index contributed by atoms with van der Waals surface area (Å²) in [7, 11) is -2.51. The molecule has 1 nitrogen and oxygen atoms in total. The van der Waals surface area contributed by atoms with Crippen LogP contribution in [0.2, 0.25) is 0 Å². The van der Waals surface area contributed by atoms with Crippen molar-refractivity contribution in [2.24, 2.45) is 0 Å². The molecule has 0 N–H and O–H groups in total. The van der Waals surface area contributed by atoms with Crippen LogP contribution in [0.15, 0.2) is 164 Å². The third-order valence-corrected chi connectivity index (χ3v) is 13.8. The van der Waals surface area contributed by atoms with E-state index in [1.807, 2.05) is 0 Å². The van der Waals surface area contributed by atoms with Gasteiger partial charge in [-0.25, -0.2) is 0 Å². The largest absolute Gasteiger partial charge is 0.316 e. The van der Waals surface area contributed by atoms with Gasteiger partial charge in [0.25, 0.3) is 0 Å². The van der Waals surface area contributed by atoms with E-state index in [0.717, 1.165) is 6.42 Å². The Morgan fingerprint density at radius 1 is 0.463 bits per heavy atom. The minimum Gasteiger partial charge on any atom is -0.316 e. The number of hydrogen-bond donors (Lipinski definition) is 0. The van der Waals surface area contributed by atoms with Crippen molar-refractivity contribution in [3.63, 3.8) is 0 Å². The normalized spacial score (nSPS) is 13.5. The lowest BCUT2D eigenvalue weighted by molar-refractivity contribution is 1.13. The second-order valence-corrected chi connectivity index (χ2v) is 14.7. The Balaban J connectivity index is 1.35. The smallest absolute Gasteiger partial charge is 0.180 e. The maximum atomic E-state index is 2.41. The van der Waals surface area contributed by atoms with Crippen molar-refractivity contribution in [3.05, 3.63) is 175 Å². The maximum absolute atomic E-state index is 2.51. The van der Waals surface area contributed by atoms with Crippen LogP contribution in [-0.2, 0) is 6.42 Å². The molecule has 194 valence electrons. The molecule has 0 saturated carbocycles. The Bertz CT molecular complexity index is 1960. The maximum Gasteiger partial charge on any atom is 0.180 e. The Morgan fingerprint density at radius 3 is 1.68 bits per heavy atom. The summed E-state index contributed by atoms with van der Waals surface area (Å²) in [6, 6.07) is 58.4. The lowest BCUT2D eigenvalue weighted by atomic mass is 10.0. The summed E-state index contributed by atoms with van der Waals surface area (Å²) in [5.41, 5.74) is 7.81. The van der Waals surface area contributed by atoms with Crippen LogP contribution in [0.3, 0.4) is 0 Å². The molecule has 0 atom stereocenters. The highest BCUT2D eigenvalue weighted by molar-refractivity contribution is 7.20. The molecule has 8 rings (SSSR count). The van der Waals surface area contributed by atoms with Gasteiger partial charge in [-0.1, -0.05) is 140 Å². The summed E-state index contributed by atoms with van der Waals surface area (Å²) in [6.45, 7) is 0. The SMILES string of the molecule is c1ccc(-c2cn(-c3ccc([Si]4(c5ccccc5)c5ccccc5Cc5ccccc54)cc3)c3ccccc23)cc1. The zero-order valence-electron chi connectivity index (χ0n) is 22.7. The molecule has 0 bridgehead atoms. The van der Waals surface area contributed by atoms with Crippen molar-refractivity contribution in [1.82, 2.24) is 4.57 Å². The molecule has 0 fully saturated rings. The zero-order valence-corrected chi connectivity index (χ0v) is 23.7. The standard InChI is InChI=1S/C39H29NSi/c1-3-13-29(14-4-1)36-28-40(37-20-10-9-19-35(36)37)32-23-25-34(26-24-32)41(33-17-5-2-6-18-33)38-21-11-7-15-30(38)27-31-16-8-12-22-39(31)41/h1-26,28H,27H2. The number of aromatic nitrogens is 1. The van der Waals surface area contributed by atoms with Crippen molar-refractivity contribution in [2.45, 2.75) is 6.42 Å². The van der Waals surface area contributed by atoms with Gasteiger partial charge in [-0.05, 0) is 62.1 Å². The summed E-state index contributed by atoms with van der Waals surface area (Å²) in [4.78, 5) is 0. The lowest BCUT2D eigenvalue weighted by Gasteiger charge is -2.40. The number of rotatable bonds is 4. The first-order valence-electron chi connectivity index (χ1n) is 14.3. The molecule has 2 heteroatoms. The highest BCUT2D eigenvalue weighted by Gasteiger charge is 2.46. The number of benzene rings is 6. The van der Waals surface area contributed by atoms with Gasteiger partial charge in [-0.15, -0.1) is 0 Å². The van der Waals surface area contributed by atoms with Gasteiger partial charge in [0, 0.05) is 22.8 Å². The molecule has 0 unspecified atom stereocenters. The molecule has 0 saturated heterocycles. The molecule has 0 radical (unpaired) electrons. The van der Waals surface area contributed by atoms with Crippen LogP contribution >= 0.6 is 0 Å². The quantitative estimate of drug-likeness (QED) is 0.223. The van der Waals surface area contributed by atoms with Gasteiger partial charge in [-0.3, -0.25) is 0 Å². The number of hydrogen-bond acceptors (Lipinski definition) is 0. The lowest BCUT2D eigenvalue weighted by Crippen LogP contribution is -2.77.